The van der Waals surface area contributed by atoms with Crippen molar-refractivity contribution >= 4 is 22.6 Å². The third-order valence-electron chi connectivity index (χ3n) is 3.15. The van der Waals surface area contributed by atoms with Crippen molar-refractivity contribution in [1.29, 1.82) is 0 Å². The zero-order valence-electron chi connectivity index (χ0n) is 10.8. The van der Waals surface area contributed by atoms with E-state index < -0.39 is 0 Å². The summed E-state index contributed by atoms with van der Waals surface area (Å²) < 4.78 is 0. The summed E-state index contributed by atoms with van der Waals surface area (Å²) in [6, 6.07) is 8.46. The lowest BCUT2D eigenvalue weighted by Crippen LogP contribution is -2.12. The van der Waals surface area contributed by atoms with Crippen molar-refractivity contribution in [2.75, 3.05) is 5.32 Å². The van der Waals surface area contributed by atoms with Crippen LogP contribution in [0, 0.1) is 6.92 Å². The van der Waals surface area contributed by atoms with E-state index >= 15 is 0 Å². The Balaban J connectivity index is 1.93. The molecule has 0 bridgehead atoms. The summed E-state index contributed by atoms with van der Waals surface area (Å²) in [5.41, 5.74) is 2.70. The highest BCUT2D eigenvalue weighted by molar-refractivity contribution is 6.12. The maximum absolute atomic E-state index is 12.3. The lowest BCUT2D eigenvalue weighted by Gasteiger charge is -2.08. The van der Waals surface area contributed by atoms with Crippen LogP contribution < -0.4 is 5.32 Å². The minimum absolute atomic E-state index is 0.178. The lowest BCUT2D eigenvalue weighted by molar-refractivity contribution is 0.102. The molecule has 3 rings (SSSR count). The first-order chi connectivity index (χ1) is 9.65. The van der Waals surface area contributed by atoms with Crippen LogP contribution in [0.5, 0.6) is 5.75 Å². The van der Waals surface area contributed by atoms with Crippen LogP contribution in [0.15, 0.2) is 42.7 Å². The highest BCUT2D eigenvalue weighted by Crippen LogP contribution is 2.22. The maximum Gasteiger partial charge on any atom is 0.257 e. The maximum atomic E-state index is 12.3. The van der Waals surface area contributed by atoms with Crippen LogP contribution in [0.3, 0.4) is 0 Å². The molecule has 3 aromatic rings. The molecule has 0 spiro atoms. The molecule has 2 heterocycles. The molecule has 0 fully saturated rings. The molecule has 0 aliphatic heterocycles. The monoisotopic (exact) mass is 267 g/mol. The zero-order valence-corrected chi connectivity index (χ0v) is 10.8. The van der Waals surface area contributed by atoms with Crippen LogP contribution in [0.2, 0.25) is 0 Å². The first kappa shape index (κ1) is 12.2. The normalized spacial score (nSPS) is 10.7. The van der Waals surface area contributed by atoms with Gasteiger partial charge in [0.05, 0.1) is 5.56 Å². The summed E-state index contributed by atoms with van der Waals surface area (Å²) in [6.45, 7) is 1.83. The van der Waals surface area contributed by atoms with Gasteiger partial charge < -0.3 is 15.4 Å². The highest BCUT2D eigenvalue weighted by Gasteiger charge is 2.13. The number of aromatic hydroxyl groups is 1. The fourth-order valence-electron chi connectivity index (χ4n) is 2.12. The summed E-state index contributed by atoms with van der Waals surface area (Å²) in [5, 5.41) is 13.0. The third-order valence-corrected chi connectivity index (χ3v) is 3.15. The predicted molar refractivity (Wildman–Crippen MR) is 76.9 cm³/mol. The number of phenolic OH excluding ortho intramolecular Hbond substituents is 1. The van der Waals surface area contributed by atoms with Gasteiger partial charge in [-0.15, -0.1) is 0 Å². The zero-order chi connectivity index (χ0) is 14.1. The number of anilines is 1. The van der Waals surface area contributed by atoms with Crippen LogP contribution in [0.1, 0.15) is 15.9 Å². The Kier molecular flexibility index (Phi) is 2.87. The number of pyridine rings is 1. The molecule has 1 amide bonds. The quantitative estimate of drug-likeness (QED) is 0.625. The molecule has 100 valence electrons. The number of carbonyl (C=O) groups is 1. The summed E-state index contributed by atoms with van der Waals surface area (Å²) in [6.07, 6.45) is 3.31. The Bertz CT molecular complexity index is 793. The van der Waals surface area contributed by atoms with E-state index in [-0.39, 0.29) is 11.7 Å². The van der Waals surface area contributed by atoms with E-state index in [1.54, 1.807) is 36.7 Å². The number of aromatic nitrogens is 2. The van der Waals surface area contributed by atoms with Gasteiger partial charge in [-0.3, -0.25) is 4.79 Å². The van der Waals surface area contributed by atoms with Crippen molar-refractivity contribution in [2.45, 2.75) is 6.92 Å². The number of rotatable bonds is 2. The second-order valence-electron chi connectivity index (χ2n) is 4.56. The first-order valence-electron chi connectivity index (χ1n) is 6.18. The van der Waals surface area contributed by atoms with Crippen molar-refractivity contribution in [3.05, 3.63) is 53.9 Å². The topological polar surface area (TPSA) is 78.0 Å². The minimum Gasteiger partial charge on any atom is -0.508 e. The van der Waals surface area contributed by atoms with Gasteiger partial charge in [0.1, 0.15) is 11.4 Å². The molecule has 0 saturated carbocycles. The molecule has 1 aromatic carbocycles. The lowest BCUT2D eigenvalue weighted by atomic mass is 10.1. The van der Waals surface area contributed by atoms with Crippen LogP contribution in [0.4, 0.5) is 5.69 Å². The minimum atomic E-state index is -0.210. The SMILES string of the molecule is Cc1cc(O)ccc1NC(=O)c1c[nH]c2ncccc12. The van der Waals surface area contributed by atoms with E-state index in [1.807, 2.05) is 13.0 Å². The van der Waals surface area contributed by atoms with Gasteiger partial charge in [-0.1, -0.05) is 0 Å². The number of nitrogens with zero attached hydrogens (tertiary/aromatic N) is 1. The van der Waals surface area contributed by atoms with Gasteiger partial charge in [0.25, 0.3) is 5.91 Å². The Labute approximate surface area is 115 Å². The Morgan fingerprint density at radius 1 is 1.35 bits per heavy atom. The largest absolute Gasteiger partial charge is 0.508 e. The predicted octanol–water partition coefficient (Wildman–Crippen LogP) is 2.83. The molecule has 20 heavy (non-hydrogen) atoms. The fraction of sp³-hybridized carbons (Fsp3) is 0.0667. The van der Waals surface area contributed by atoms with Crippen molar-refractivity contribution < 1.29 is 9.90 Å². The molecule has 3 N–H and O–H groups in total. The smallest absolute Gasteiger partial charge is 0.257 e. The summed E-state index contributed by atoms with van der Waals surface area (Å²) in [5.74, 6) is -0.0326. The molecular weight excluding hydrogens is 254 g/mol. The summed E-state index contributed by atoms with van der Waals surface area (Å²) in [4.78, 5) is 19.4. The van der Waals surface area contributed by atoms with Crippen LogP contribution >= 0.6 is 0 Å². The average Bonchev–Trinajstić information content (AvgIpc) is 2.86. The number of fused-ring (bicyclic) bond motifs is 1. The number of H-pyrrole nitrogens is 1. The molecule has 0 unspecified atom stereocenters. The van der Waals surface area contributed by atoms with Gasteiger partial charge in [-0.05, 0) is 42.8 Å². The van der Waals surface area contributed by atoms with Crippen LogP contribution in [-0.2, 0) is 0 Å². The number of hydrogen-bond acceptors (Lipinski definition) is 3. The number of aryl methyl sites for hydroxylation is 1. The number of amides is 1. The summed E-state index contributed by atoms with van der Waals surface area (Å²) >= 11 is 0. The Hall–Kier alpha value is -2.82. The van der Waals surface area contributed by atoms with Gasteiger partial charge in [-0.2, -0.15) is 0 Å². The molecule has 0 radical (unpaired) electrons. The van der Waals surface area contributed by atoms with E-state index in [2.05, 4.69) is 15.3 Å². The second-order valence-corrected chi connectivity index (χ2v) is 4.56. The molecule has 0 aliphatic carbocycles. The molecule has 0 aliphatic rings. The van der Waals surface area contributed by atoms with Gasteiger partial charge in [-0.25, -0.2) is 4.98 Å². The van der Waals surface area contributed by atoms with E-state index in [0.717, 1.165) is 10.9 Å². The van der Waals surface area contributed by atoms with E-state index in [0.29, 0.717) is 16.9 Å². The first-order valence-corrected chi connectivity index (χ1v) is 6.18. The van der Waals surface area contributed by atoms with Crippen LogP contribution in [-0.4, -0.2) is 21.0 Å². The standard InChI is InChI=1S/C15H13N3O2/c1-9-7-10(19)4-5-13(9)18-15(20)12-8-17-14-11(12)3-2-6-16-14/h2-8,19H,1H3,(H,16,17)(H,18,20). The number of carbonyl (C=O) groups excluding carboxylic acids is 1. The fourth-order valence-corrected chi connectivity index (χ4v) is 2.12. The number of aromatic amines is 1. The molecular formula is C15H13N3O2. The van der Waals surface area contributed by atoms with Gasteiger partial charge in [0.2, 0.25) is 0 Å². The van der Waals surface area contributed by atoms with E-state index in [9.17, 15) is 9.90 Å². The number of hydrogen-bond donors (Lipinski definition) is 3. The number of benzene rings is 1. The molecule has 5 heteroatoms. The average molecular weight is 267 g/mol. The highest BCUT2D eigenvalue weighted by atomic mass is 16.3. The van der Waals surface area contributed by atoms with Gasteiger partial charge in [0, 0.05) is 23.5 Å². The van der Waals surface area contributed by atoms with Crippen molar-refractivity contribution in [1.82, 2.24) is 9.97 Å². The Morgan fingerprint density at radius 2 is 2.20 bits per heavy atom. The van der Waals surface area contributed by atoms with Crippen molar-refractivity contribution in [2.24, 2.45) is 0 Å². The third kappa shape index (κ3) is 2.09. The van der Waals surface area contributed by atoms with Gasteiger partial charge in [0.15, 0.2) is 0 Å². The van der Waals surface area contributed by atoms with Gasteiger partial charge >= 0.3 is 0 Å². The molecule has 0 atom stereocenters. The van der Waals surface area contributed by atoms with Crippen molar-refractivity contribution in [3.63, 3.8) is 0 Å². The summed E-state index contributed by atoms with van der Waals surface area (Å²) in [7, 11) is 0. The van der Waals surface area contributed by atoms with E-state index in [4.69, 9.17) is 0 Å². The molecule has 5 nitrogen and oxygen atoms in total. The van der Waals surface area contributed by atoms with Crippen LogP contribution in [0.25, 0.3) is 11.0 Å². The molecule has 2 aromatic heterocycles. The second kappa shape index (κ2) is 4.70. The van der Waals surface area contributed by atoms with Crippen molar-refractivity contribution in [3.8, 4) is 5.75 Å². The molecule has 0 saturated heterocycles. The number of phenols is 1. The van der Waals surface area contributed by atoms with E-state index in [1.165, 1.54) is 0 Å². The number of nitrogens with one attached hydrogen (secondary N) is 2. The Morgan fingerprint density at radius 3 is 3.00 bits per heavy atom.